The predicted octanol–water partition coefficient (Wildman–Crippen LogP) is 2.91. The van der Waals surface area contributed by atoms with Gasteiger partial charge in [0.05, 0.1) is 30.2 Å². The summed E-state index contributed by atoms with van der Waals surface area (Å²) < 4.78 is 70.5. The third kappa shape index (κ3) is 8.85. The monoisotopic (exact) mass is 709 g/mol. The number of aliphatic hydroxyl groups is 1. The van der Waals surface area contributed by atoms with Gasteiger partial charge in [0.15, 0.2) is 0 Å². The van der Waals surface area contributed by atoms with Gasteiger partial charge in [0.2, 0.25) is 15.9 Å². The van der Waals surface area contributed by atoms with Gasteiger partial charge in [-0.25, -0.2) is 8.42 Å². The fourth-order valence-electron chi connectivity index (χ4n) is 7.96. The van der Waals surface area contributed by atoms with E-state index in [0.717, 1.165) is 89.4 Å². The molecule has 15 heteroatoms. The maximum absolute atomic E-state index is 14.1. The molecule has 0 saturated carbocycles. The number of sulfonamides is 1. The van der Waals surface area contributed by atoms with E-state index in [1.54, 1.807) is 4.68 Å². The number of amides is 1. The largest absolute Gasteiger partial charge is 0.416 e. The molecule has 5 heterocycles. The lowest BCUT2D eigenvalue weighted by Crippen LogP contribution is -2.47. The zero-order valence-corrected chi connectivity index (χ0v) is 29.2. The number of rotatable bonds is 12. The van der Waals surface area contributed by atoms with Gasteiger partial charge in [-0.2, -0.15) is 22.6 Å². The summed E-state index contributed by atoms with van der Waals surface area (Å²) in [6.07, 6.45) is 3.02. The van der Waals surface area contributed by atoms with Crippen LogP contribution in [0.4, 0.5) is 13.2 Å². The molecule has 6 rings (SSSR count). The number of β-amino-alcohol motifs (C(OH)–C–C–N with tert-alkyl or cyclic N) is 1. The second kappa shape index (κ2) is 15.4. The van der Waals surface area contributed by atoms with Crippen LogP contribution in [0.15, 0.2) is 18.2 Å². The summed E-state index contributed by atoms with van der Waals surface area (Å²) in [7, 11) is -3.52. The molecule has 2 N–H and O–H groups in total. The van der Waals surface area contributed by atoms with E-state index in [0.29, 0.717) is 42.8 Å². The van der Waals surface area contributed by atoms with Gasteiger partial charge < -0.3 is 25.1 Å². The van der Waals surface area contributed by atoms with Crippen molar-refractivity contribution in [2.45, 2.75) is 89.3 Å². The van der Waals surface area contributed by atoms with Crippen LogP contribution in [0, 0.1) is 0 Å². The maximum Gasteiger partial charge on any atom is 0.416 e. The second-order valence-corrected chi connectivity index (χ2v) is 16.1. The van der Waals surface area contributed by atoms with Crippen molar-refractivity contribution in [1.29, 1.82) is 0 Å². The number of hydrogen-bond acceptors (Lipinski definition) is 8. The summed E-state index contributed by atoms with van der Waals surface area (Å²) in [5.74, 6) is 0.233. The predicted molar refractivity (Wildman–Crippen MR) is 180 cm³/mol. The molecule has 11 nitrogen and oxygen atoms in total. The van der Waals surface area contributed by atoms with Crippen LogP contribution in [0.3, 0.4) is 0 Å². The number of aromatic nitrogens is 2. The Hall–Kier alpha value is -2.56. The lowest BCUT2D eigenvalue weighted by molar-refractivity contribution is -0.138. The Labute approximate surface area is 287 Å². The highest BCUT2D eigenvalue weighted by molar-refractivity contribution is 7.88. The van der Waals surface area contributed by atoms with Crippen molar-refractivity contribution in [3.8, 4) is 11.3 Å². The standard InChI is InChI=1S/C34H50F3N7O4S/c1-49(47,48)42-18-11-31-29(24-42)33(39-44(31)23-28(45)22-41-16-9-27(10-17-41)43-15-5-6-32(43)46)25-7-8-30(34(35,36)37)26(20-25)21-38-12-19-40-13-3-2-4-14-40/h7-8,20,27-28,38,45H,2-6,9-19,21-24H2,1H3. The van der Waals surface area contributed by atoms with E-state index in [1.165, 1.54) is 22.9 Å². The lowest BCUT2D eigenvalue weighted by Gasteiger charge is -2.37. The van der Waals surface area contributed by atoms with E-state index in [-0.39, 0.29) is 43.7 Å². The van der Waals surface area contributed by atoms with E-state index >= 15 is 0 Å². The highest BCUT2D eigenvalue weighted by Gasteiger charge is 2.35. The van der Waals surface area contributed by atoms with Crippen LogP contribution < -0.4 is 5.32 Å². The van der Waals surface area contributed by atoms with E-state index in [4.69, 9.17) is 5.10 Å². The number of alkyl halides is 3. The van der Waals surface area contributed by atoms with Crippen molar-refractivity contribution in [3.63, 3.8) is 0 Å². The number of likely N-dealkylation sites (tertiary alicyclic amines) is 3. The Balaban J connectivity index is 1.19. The molecule has 0 bridgehead atoms. The molecule has 272 valence electrons. The van der Waals surface area contributed by atoms with E-state index in [9.17, 15) is 31.5 Å². The number of carbonyl (C=O) groups excluding carboxylic acids is 1. The Bertz CT molecular complexity index is 1570. The van der Waals surface area contributed by atoms with Gasteiger partial charge >= 0.3 is 6.18 Å². The summed E-state index contributed by atoms with van der Waals surface area (Å²) >= 11 is 0. The zero-order chi connectivity index (χ0) is 34.8. The van der Waals surface area contributed by atoms with Crippen molar-refractivity contribution in [2.75, 3.05) is 65.2 Å². The van der Waals surface area contributed by atoms with E-state index in [2.05, 4.69) is 15.1 Å². The number of halogens is 3. The summed E-state index contributed by atoms with van der Waals surface area (Å²) in [6.45, 7) is 6.71. The normalized spacial score (nSPS) is 21.4. The second-order valence-electron chi connectivity index (χ2n) is 14.1. The van der Waals surface area contributed by atoms with Crippen LogP contribution in [0.5, 0.6) is 0 Å². The van der Waals surface area contributed by atoms with Gasteiger partial charge in [-0.3, -0.25) is 9.48 Å². The highest BCUT2D eigenvalue weighted by Crippen LogP contribution is 2.37. The molecule has 3 fully saturated rings. The number of nitrogens with zero attached hydrogens (tertiary/aromatic N) is 6. The molecular formula is C34H50F3N7O4S. The van der Waals surface area contributed by atoms with Crippen molar-refractivity contribution in [2.24, 2.45) is 0 Å². The van der Waals surface area contributed by atoms with Gasteiger partial charge in [-0.1, -0.05) is 12.5 Å². The maximum atomic E-state index is 14.1. The molecule has 0 radical (unpaired) electrons. The van der Waals surface area contributed by atoms with Crippen molar-refractivity contribution in [1.82, 2.24) is 34.1 Å². The molecule has 4 aliphatic heterocycles. The number of fused-ring (bicyclic) bond motifs is 1. The first kappa shape index (κ1) is 36.2. The first-order chi connectivity index (χ1) is 23.4. The number of aliphatic hydroxyl groups excluding tert-OH is 1. The van der Waals surface area contributed by atoms with Gasteiger partial charge in [-0.05, 0) is 62.9 Å². The first-order valence-corrected chi connectivity index (χ1v) is 19.6. The highest BCUT2D eigenvalue weighted by atomic mass is 32.2. The molecular weight excluding hydrogens is 659 g/mol. The van der Waals surface area contributed by atoms with Crippen LogP contribution in [0.25, 0.3) is 11.3 Å². The summed E-state index contributed by atoms with van der Waals surface area (Å²) in [5.41, 5.74) is 1.78. The third-order valence-corrected chi connectivity index (χ3v) is 11.8. The molecule has 0 aliphatic carbocycles. The van der Waals surface area contributed by atoms with Gasteiger partial charge in [0.1, 0.15) is 0 Å². The fraction of sp³-hybridized carbons (Fsp3) is 0.706. The average molecular weight is 710 g/mol. The Kier molecular flexibility index (Phi) is 11.4. The lowest BCUT2D eigenvalue weighted by atomic mass is 9.97. The number of carbonyl (C=O) groups is 1. The molecule has 49 heavy (non-hydrogen) atoms. The smallest absolute Gasteiger partial charge is 0.390 e. The minimum atomic E-state index is -4.53. The molecule has 0 spiro atoms. The summed E-state index contributed by atoms with van der Waals surface area (Å²) in [4.78, 5) is 18.7. The molecule has 4 aliphatic rings. The quantitative estimate of drug-likeness (QED) is 0.324. The number of hydrogen-bond donors (Lipinski definition) is 2. The van der Waals surface area contributed by atoms with Crippen LogP contribution in [-0.2, 0) is 47.0 Å². The number of nitrogens with one attached hydrogen (secondary N) is 1. The Morgan fingerprint density at radius 1 is 0.980 bits per heavy atom. The van der Waals surface area contributed by atoms with Gasteiger partial charge in [0, 0.05) is 94.6 Å². The minimum Gasteiger partial charge on any atom is -0.390 e. The molecule has 1 amide bonds. The number of piperidine rings is 2. The van der Waals surface area contributed by atoms with E-state index in [1.807, 2.05) is 4.90 Å². The van der Waals surface area contributed by atoms with Crippen molar-refractivity contribution < 1.29 is 31.5 Å². The molecule has 1 aromatic heterocycles. The summed E-state index contributed by atoms with van der Waals surface area (Å²) in [6, 6.07) is 4.28. The van der Waals surface area contributed by atoms with Crippen LogP contribution in [0.2, 0.25) is 0 Å². The zero-order valence-electron chi connectivity index (χ0n) is 28.4. The van der Waals surface area contributed by atoms with E-state index < -0.39 is 27.9 Å². The van der Waals surface area contributed by atoms with Gasteiger partial charge in [-0.15, -0.1) is 0 Å². The summed E-state index contributed by atoms with van der Waals surface area (Å²) in [5, 5.41) is 19.3. The topological polar surface area (TPSA) is 114 Å². The van der Waals surface area contributed by atoms with Crippen LogP contribution >= 0.6 is 0 Å². The van der Waals surface area contributed by atoms with Crippen molar-refractivity contribution in [3.05, 3.63) is 40.6 Å². The first-order valence-electron chi connectivity index (χ1n) is 17.7. The molecule has 1 atom stereocenters. The van der Waals surface area contributed by atoms with Crippen molar-refractivity contribution >= 4 is 15.9 Å². The molecule has 3 saturated heterocycles. The Morgan fingerprint density at radius 3 is 2.41 bits per heavy atom. The van der Waals surface area contributed by atoms with Crippen LogP contribution in [0.1, 0.15) is 67.3 Å². The SMILES string of the molecule is CS(=O)(=O)N1CCc2c(c(-c3ccc(C(F)(F)F)c(CNCCN4CCCCC4)c3)nn2CC(O)CN2CCC(N3CCCC3=O)CC2)C1. The van der Waals surface area contributed by atoms with Gasteiger partial charge in [0.25, 0.3) is 0 Å². The molecule has 2 aromatic rings. The number of benzene rings is 1. The minimum absolute atomic E-state index is 0.0379. The third-order valence-electron chi connectivity index (χ3n) is 10.6. The molecule has 1 unspecified atom stereocenters. The fourth-order valence-corrected chi connectivity index (χ4v) is 8.75. The average Bonchev–Trinajstić information content (AvgIpc) is 3.66. The molecule has 1 aromatic carbocycles. The Morgan fingerprint density at radius 2 is 1.73 bits per heavy atom. The van der Waals surface area contributed by atoms with Crippen LogP contribution in [-0.4, -0.2) is 126 Å².